The number of hydrogen-bond donors (Lipinski definition) is 0. The molecule has 1 saturated heterocycles. The molecule has 3 aromatic rings. The molecule has 0 spiro atoms. The number of cyclic esters (lactones) is 1. The summed E-state index contributed by atoms with van der Waals surface area (Å²) < 4.78 is 47.9. The Morgan fingerprint density at radius 1 is 0.886 bits per heavy atom. The predicted molar refractivity (Wildman–Crippen MR) is 128 cm³/mol. The maximum absolute atomic E-state index is 14.3. The fourth-order valence-electron chi connectivity index (χ4n) is 4.90. The zero-order chi connectivity index (χ0) is 24.6. The molecule has 2 aliphatic rings. The van der Waals surface area contributed by atoms with Crippen LogP contribution in [0, 0.1) is 0 Å². The second kappa shape index (κ2) is 8.96. The Morgan fingerprint density at radius 2 is 1.46 bits per heavy atom. The molecule has 0 saturated carbocycles. The molecule has 0 N–H and O–H groups in total. The first kappa shape index (κ1) is 23.3. The Balaban J connectivity index is 1.80. The third-order valence-corrected chi connectivity index (χ3v) is 8.39. The van der Waals surface area contributed by atoms with Crippen LogP contribution in [0.15, 0.2) is 108 Å². The third kappa shape index (κ3) is 3.74. The maximum Gasteiger partial charge on any atom is 0.335 e. The van der Waals surface area contributed by atoms with E-state index in [9.17, 15) is 13.2 Å². The number of nitrogens with zero attached hydrogens (tertiary/aromatic N) is 1. The van der Waals surface area contributed by atoms with Crippen LogP contribution in [0.5, 0.6) is 0 Å². The van der Waals surface area contributed by atoms with Gasteiger partial charge < -0.3 is 14.2 Å². The normalized spacial score (nSPS) is 26.9. The summed E-state index contributed by atoms with van der Waals surface area (Å²) in [7, 11) is -2.72. The molecule has 180 valence electrons. The average molecular weight is 492 g/mol. The summed E-state index contributed by atoms with van der Waals surface area (Å²) in [5.41, 5.74) is -0.394. The van der Waals surface area contributed by atoms with E-state index in [0.29, 0.717) is 5.56 Å². The first-order valence-corrected chi connectivity index (χ1v) is 12.7. The van der Waals surface area contributed by atoms with Gasteiger partial charge in [0.05, 0.1) is 24.1 Å². The van der Waals surface area contributed by atoms with E-state index in [2.05, 4.69) is 0 Å². The van der Waals surface area contributed by atoms with Crippen LogP contribution in [-0.2, 0) is 34.8 Å². The smallest absolute Gasteiger partial charge is 0.335 e. The monoisotopic (exact) mass is 491 g/mol. The van der Waals surface area contributed by atoms with Crippen molar-refractivity contribution in [3.05, 3.63) is 114 Å². The van der Waals surface area contributed by atoms with Gasteiger partial charge in [-0.1, -0.05) is 78.9 Å². The van der Waals surface area contributed by atoms with Gasteiger partial charge in [-0.3, -0.25) is 0 Å². The topological polar surface area (TPSA) is 82.1 Å². The molecule has 35 heavy (non-hydrogen) atoms. The van der Waals surface area contributed by atoms with Gasteiger partial charge in [0.25, 0.3) is 0 Å². The molecule has 0 radical (unpaired) electrons. The molecule has 0 bridgehead atoms. The second-order valence-electron chi connectivity index (χ2n) is 8.43. The molecule has 4 atom stereocenters. The number of esters is 1. The van der Waals surface area contributed by atoms with Crippen molar-refractivity contribution in [2.45, 2.75) is 35.8 Å². The number of carbonyl (C=O) groups excluding carboxylic acids is 1. The number of sulfonamides is 1. The molecule has 5 rings (SSSR count). The highest BCUT2D eigenvalue weighted by atomic mass is 32.2. The number of hydrogen-bond acceptors (Lipinski definition) is 6. The molecule has 7 nitrogen and oxygen atoms in total. The van der Waals surface area contributed by atoms with Gasteiger partial charge in [-0.2, -0.15) is 4.31 Å². The minimum atomic E-state index is -4.14. The Bertz CT molecular complexity index is 1340. The highest BCUT2D eigenvalue weighted by molar-refractivity contribution is 7.89. The maximum atomic E-state index is 14.3. The van der Waals surface area contributed by atoms with Crippen molar-refractivity contribution in [2.24, 2.45) is 0 Å². The largest absolute Gasteiger partial charge is 0.497 e. The van der Waals surface area contributed by atoms with Crippen molar-refractivity contribution < 1.29 is 27.4 Å². The molecule has 3 aromatic carbocycles. The lowest BCUT2D eigenvalue weighted by Crippen LogP contribution is -2.56. The highest BCUT2D eigenvalue weighted by Gasteiger charge is 2.65. The lowest BCUT2D eigenvalue weighted by atomic mass is 9.95. The second-order valence-corrected chi connectivity index (χ2v) is 10.2. The Kier molecular flexibility index (Phi) is 5.96. The lowest BCUT2D eigenvalue weighted by Gasteiger charge is -2.41. The summed E-state index contributed by atoms with van der Waals surface area (Å²) in [5, 5.41) is 0. The summed E-state index contributed by atoms with van der Waals surface area (Å²) in [4.78, 5) is 12.5. The highest BCUT2D eigenvalue weighted by Crippen LogP contribution is 2.54. The van der Waals surface area contributed by atoms with Crippen LogP contribution < -0.4 is 0 Å². The van der Waals surface area contributed by atoms with Crippen LogP contribution in [0.3, 0.4) is 0 Å². The molecule has 8 heteroatoms. The van der Waals surface area contributed by atoms with Crippen LogP contribution in [0.25, 0.3) is 0 Å². The summed E-state index contributed by atoms with van der Waals surface area (Å²) >= 11 is 0. The molecule has 0 aromatic heterocycles. The molecule has 1 fully saturated rings. The van der Waals surface area contributed by atoms with Gasteiger partial charge in [-0.25, -0.2) is 13.2 Å². The van der Waals surface area contributed by atoms with Gasteiger partial charge in [-0.15, -0.1) is 0 Å². The van der Waals surface area contributed by atoms with Crippen LogP contribution in [0.4, 0.5) is 0 Å². The molecular weight excluding hydrogens is 466 g/mol. The van der Waals surface area contributed by atoms with Crippen molar-refractivity contribution in [1.29, 1.82) is 0 Å². The molecule has 2 heterocycles. The van der Waals surface area contributed by atoms with E-state index in [1.54, 1.807) is 61.5 Å². The molecular formula is C27H25NO6S. The Morgan fingerprint density at radius 3 is 2.06 bits per heavy atom. The zero-order valence-corrected chi connectivity index (χ0v) is 20.1. The van der Waals surface area contributed by atoms with E-state index in [4.69, 9.17) is 14.2 Å². The fourth-order valence-corrected chi connectivity index (χ4v) is 6.78. The van der Waals surface area contributed by atoms with Gasteiger partial charge in [0, 0.05) is 5.56 Å². The van der Waals surface area contributed by atoms with Crippen molar-refractivity contribution >= 4 is 16.0 Å². The average Bonchev–Trinajstić information content (AvgIpc) is 3.43. The number of methoxy groups -OCH3 is 1. The summed E-state index contributed by atoms with van der Waals surface area (Å²) in [6.07, 6.45) is -0.573. The minimum Gasteiger partial charge on any atom is -0.497 e. The van der Waals surface area contributed by atoms with E-state index in [-0.39, 0.29) is 10.7 Å². The van der Waals surface area contributed by atoms with Gasteiger partial charge in [0.2, 0.25) is 21.9 Å². The summed E-state index contributed by atoms with van der Waals surface area (Å²) in [6, 6.07) is 25.9. The molecule has 0 amide bonds. The number of ether oxygens (including phenoxy) is 3. The van der Waals surface area contributed by atoms with Gasteiger partial charge >= 0.3 is 5.97 Å². The SMILES string of the molecule is COC1=CC(=O)OC1[C@]1(c2ccccc2)O[C@@H](c2ccccc2)[C@H](C)N1S(=O)(=O)c1ccccc1. The van der Waals surface area contributed by atoms with Gasteiger partial charge in [-0.05, 0) is 24.6 Å². The van der Waals surface area contributed by atoms with Gasteiger partial charge in [0.15, 0.2) is 0 Å². The standard InChI is InChI=1S/C27H25NO6S/c1-19-25(20-12-6-3-7-13-20)34-27(21-14-8-4-9-15-21,26-23(32-2)18-24(29)33-26)28(19)35(30,31)22-16-10-5-11-17-22/h3-19,25-26H,1-2H3/t19-,25+,26?,27-/m0/s1. The quantitative estimate of drug-likeness (QED) is 0.482. The van der Waals surface area contributed by atoms with E-state index in [1.165, 1.54) is 17.5 Å². The first-order valence-electron chi connectivity index (χ1n) is 11.2. The zero-order valence-electron chi connectivity index (χ0n) is 19.3. The number of rotatable bonds is 6. The fraction of sp³-hybridized carbons (Fsp3) is 0.222. The van der Waals surface area contributed by atoms with Crippen LogP contribution in [0.2, 0.25) is 0 Å². The van der Waals surface area contributed by atoms with E-state index >= 15 is 0 Å². The molecule has 1 unspecified atom stereocenters. The van der Waals surface area contributed by atoms with Crippen molar-refractivity contribution in [1.82, 2.24) is 4.31 Å². The number of carbonyl (C=O) groups is 1. The van der Waals surface area contributed by atoms with Crippen molar-refractivity contribution in [3.8, 4) is 0 Å². The molecule has 0 aliphatic carbocycles. The van der Waals surface area contributed by atoms with E-state index in [0.717, 1.165) is 5.56 Å². The number of benzene rings is 3. The van der Waals surface area contributed by atoms with Crippen molar-refractivity contribution in [2.75, 3.05) is 7.11 Å². The van der Waals surface area contributed by atoms with Gasteiger partial charge in [0.1, 0.15) is 11.9 Å². The summed E-state index contributed by atoms with van der Waals surface area (Å²) in [6.45, 7) is 1.80. The predicted octanol–water partition coefficient (Wildman–Crippen LogP) is 4.15. The third-order valence-electron chi connectivity index (χ3n) is 6.40. The van der Waals surface area contributed by atoms with E-state index < -0.39 is 40.0 Å². The Hall–Kier alpha value is -3.46. The van der Waals surface area contributed by atoms with Crippen LogP contribution in [0.1, 0.15) is 24.2 Å². The van der Waals surface area contributed by atoms with Crippen LogP contribution >= 0.6 is 0 Å². The molecule has 2 aliphatic heterocycles. The lowest BCUT2D eigenvalue weighted by molar-refractivity contribution is -0.180. The summed E-state index contributed by atoms with van der Waals surface area (Å²) in [5.74, 6) is -0.438. The first-order chi connectivity index (χ1) is 16.9. The van der Waals surface area contributed by atoms with Crippen molar-refractivity contribution in [3.63, 3.8) is 0 Å². The minimum absolute atomic E-state index is 0.108. The Labute approximate surface area is 204 Å². The van der Waals surface area contributed by atoms with E-state index in [1.807, 2.05) is 36.4 Å². The van der Waals surface area contributed by atoms with Crippen LogP contribution in [-0.4, -0.2) is 37.9 Å².